The largest absolute Gasteiger partial charge is 0.381 e. The predicted molar refractivity (Wildman–Crippen MR) is 108 cm³/mol. The molecule has 0 saturated carbocycles. The minimum absolute atomic E-state index is 0.133. The van der Waals surface area contributed by atoms with Crippen LogP contribution < -0.4 is 5.32 Å². The van der Waals surface area contributed by atoms with Crippen molar-refractivity contribution in [1.82, 2.24) is 10.2 Å². The number of thioether (sulfide) groups is 1. The molecule has 27 heavy (non-hydrogen) atoms. The molecule has 2 unspecified atom stereocenters. The number of nitrogens with one attached hydrogen (secondary N) is 1. The van der Waals surface area contributed by atoms with Crippen molar-refractivity contribution in [3.05, 3.63) is 35.4 Å². The molecular weight excluding hydrogens is 432 g/mol. The van der Waals surface area contributed by atoms with Crippen LogP contribution >= 0.6 is 27.7 Å². The van der Waals surface area contributed by atoms with Gasteiger partial charge in [-0.15, -0.1) is 11.8 Å². The normalized spacial score (nSPS) is 22.1. The lowest BCUT2D eigenvalue weighted by Crippen LogP contribution is -2.53. The minimum Gasteiger partial charge on any atom is -0.381 e. The van der Waals surface area contributed by atoms with Crippen LogP contribution in [0.3, 0.4) is 0 Å². The molecule has 1 aromatic carbocycles. The minimum atomic E-state index is -0.602. The Labute approximate surface area is 171 Å². The Morgan fingerprint density at radius 2 is 1.96 bits per heavy atom. The molecule has 0 spiro atoms. The highest BCUT2D eigenvalue weighted by atomic mass is 79.9. The average Bonchev–Trinajstić information content (AvgIpc) is 2.94. The van der Waals surface area contributed by atoms with Crippen molar-refractivity contribution in [2.24, 2.45) is 0 Å². The Hall–Kier alpha value is -1.38. The Kier molecular flexibility index (Phi) is 7.32. The number of piperidine rings is 1. The fourth-order valence-corrected chi connectivity index (χ4v) is 4.86. The Balaban J connectivity index is 1.67. The van der Waals surface area contributed by atoms with E-state index in [0.717, 1.165) is 36.1 Å². The highest BCUT2D eigenvalue weighted by Crippen LogP contribution is 2.43. The number of imide groups is 1. The molecule has 3 rings (SSSR count). The zero-order chi connectivity index (χ0) is 19.2. The summed E-state index contributed by atoms with van der Waals surface area (Å²) in [5, 5.41) is 3.09. The summed E-state index contributed by atoms with van der Waals surface area (Å²) in [6.45, 7) is 1.42. The molecule has 0 bridgehead atoms. The van der Waals surface area contributed by atoms with Gasteiger partial charge in [0, 0.05) is 30.5 Å². The zero-order valence-electron chi connectivity index (χ0n) is 15.0. The number of alkyl halides is 1. The van der Waals surface area contributed by atoms with Crippen molar-refractivity contribution in [1.29, 1.82) is 0 Å². The maximum absolute atomic E-state index is 13.0. The van der Waals surface area contributed by atoms with E-state index in [1.807, 2.05) is 18.2 Å². The third kappa shape index (κ3) is 4.73. The van der Waals surface area contributed by atoms with Gasteiger partial charge in [-0.1, -0.05) is 34.1 Å². The molecule has 1 aromatic rings. The first-order chi connectivity index (χ1) is 13.1. The summed E-state index contributed by atoms with van der Waals surface area (Å²) in [5.74, 6) is 0.0391. The summed E-state index contributed by atoms with van der Waals surface area (Å²) < 4.78 is 5.58. The number of hydrogen-bond acceptors (Lipinski definition) is 5. The second-order valence-electron chi connectivity index (χ2n) is 6.50. The molecule has 0 aromatic heterocycles. The van der Waals surface area contributed by atoms with Crippen LogP contribution in [0.15, 0.2) is 24.3 Å². The lowest BCUT2D eigenvalue weighted by Gasteiger charge is -2.34. The van der Waals surface area contributed by atoms with Gasteiger partial charge < -0.3 is 9.64 Å². The van der Waals surface area contributed by atoms with E-state index in [1.165, 1.54) is 0 Å². The third-order valence-electron chi connectivity index (χ3n) is 4.62. The summed E-state index contributed by atoms with van der Waals surface area (Å²) in [6, 6.07) is 6.90. The fraction of sp³-hybridized carbons (Fsp3) is 0.526. The number of halogens is 1. The standard InChI is InChI=1S/C19H23BrN2O4S/c20-9-3-10-26-11-4-12-27-19-14-6-2-1-5-13(14)18(25)22(19)15-7-8-16(23)21-17(15)24/h1-2,5-6,15,19H,3-4,7-12H2,(H,21,23,24). The molecule has 1 saturated heterocycles. The molecule has 3 amide bonds. The lowest BCUT2D eigenvalue weighted by molar-refractivity contribution is -0.137. The van der Waals surface area contributed by atoms with E-state index in [0.29, 0.717) is 18.6 Å². The number of rotatable bonds is 9. The van der Waals surface area contributed by atoms with Crippen LogP contribution in [0, 0.1) is 0 Å². The molecule has 146 valence electrons. The van der Waals surface area contributed by atoms with E-state index < -0.39 is 6.04 Å². The van der Waals surface area contributed by atoms with Gasteiger partial charge in [0.25, 0.3) is 5.91 Å². The van der Waals surface area contributed by atoms with Crippen LogP contribution in [0.4, 0.5) is 0 Å². The molecule has 8 heteroatoms. The van der Waals surface area contributed by atoms with Gasteiger partial charge in [-0.3, -0.25) is 19.7 Å². The summed E-state index contributed by atoms with van der Waals surface area (Å²) in [5.41, 5.74) is 1.59. The Morgan fingerprint density at radius 3 is 2.74 bits per heavy atom. The molecule has 0 aliphatic carbocycles. The van der Waals surface area contributed by atoms with Crippen LogP contribution in [-0.2, 0) is 14.3 Å². The van der Waals surface area contributed by atoms with Gasteiger partial charge in [0.2, 0.25) is 11.8 Å². The topological polar surface area (TPSA) is 75.7 Å². The number of benzene rings is 1. The number of ether oxygens (including phenoxy) is 1. The molecule has 2 aliphatic heterocycles. The van der Waals surface area contributed by atoms with Crippen LogP contribution in [0.5, 0.6) is 0 Å². The van der Waals surface area contributed by atoms with Crippen LogP contribution in [-0.4, -0.2) is 53.0 Å². The fourth-order valence-electron chi connectivity index (χ4n) is 3.34. The van der Waals surface area contributed by atoms with Crippen molar-refractivity contribution in [2.45, 2.75) is 37.1 Å². The van der Waals surface area contributed by atoms with Gasteiger partial charge in [0.15, 0.2) is 0 Å². The van der Waals surface area contributed by atoms with Crippen LogP contribution in [0.2, 0.25) is 0 Å². The van der Waals surface area contributed by atoms with Crippen molar-refractivity contribution in [3.8, 4) is 0 Å². The number of amides is 3. The Bertz CT molecular complexity index is 715. The summed E-state index contributed by atoms with van der Waals surface area (Å²) in [7, 11) is 0. The van der Waals surface area contributed by atoms with Gasteiger partial charge in [-0.05, 0) is 36.6 Å². The van der Waals surface area contributed by atoms with E-state index in [-0.39, 0.29) is 29.5 Å². The summed E-state index contributed by atoms with van der Waals surface area (Å²) >= 11 is 5.03. The number of fused-ring (bicyclic) bond motifs is 1. The van der Waals surface area contributed by atoms with Crippen LogP contribution in [0.25, 0.3) is 0 Å². The monoisotopic (exact) mass is 454 g/mol. The van der Waals surface area contributed by atoms with Gasteiger partial charge >= 0.3 is 0 Å². The molecule has 2 aliphatic rings. The Morgan fingerprint density at radius 1 is 1.19 bits per heavy atom. The molecule has 0 radical (unpaired) electrons. The summed E-state index contributed by atoms with van der Waals surface area (Å²) in [4.78, 5) is 38.4. The number of nitrogens with zero attached hydrogens (tertiary/aromatic N) is 1. The quantitative estimate of drug-likeness (QED) is 0.352. The zero-order valence-corrected chi connectivity index (χ0v) is 17.4. The van der Waals surface area contributed by atoms with Crippen molar-refractivity contribution in [3.63, 3.8) is 0 Å². The molecule has 2 atom stereocenters. The van der Waals surface area contributed by atoms with Gasteiger partial charge in [-0.25, -0.2) is 0 Å². The number of carbonyl (C=O) groups is 3. The first-order valence-corrected chi connectivity index (χ1v) is 11.3. The second-order valence-corrected chi connectivity index (χ2v) is 8.48. The molecule has 1 N–H and O–H groups in total. The first-order valence-electron chi connectivity index (χ1n) is 9.14. The number of carbonyl (C=O) groups excluding carboxylic acids is 3. The van der Waals surface area contributed by atoms with E-state index in [2.05, 4.69) is 21.2 Å². The highest BCUT2D eigenvalue weighted by molar-refractivity contribution is 9.09. The van der Waals surface area contributed by atoms with E-state index >= 15 is 0 Å². The first kappa shape index (κ1) is 20.4. The van der Waals surface area contributed by atoms with Gasteiger partial charge in [-0.2, -0.15) is 0 Å². The molecule has 1 fully saturated rings. The van der Waals surface area contributed by atoms with E-state index in [1.54, 1.807) is 22.7 Å². The third-order valence-corrected chi connectivity index (χ3v) is 6.50. The molecule has 6 nitrogen and oxygen atoms in total. The average molecular weight is 455 g/mol. The van der Waals surface area contributed by atoms with Crippen molar-refractivity contribution < 1.29 is 19.1 Å². The SMILES string of the molecule is O=C1CCC(N2C(=O)c3ccccc3C2SCCCOCCCBr)C(=O)N1. The van der Waals surface area contributed by atoms with E-state index in [9.17, 15) is 14.4 Å². The maximum atomic E-state index is 13.0. The maximum Gasteiger partial charge on any atom is 0.256 e. The molecule has 2 heterocycles. The predicted octanol–water partition coefficient (Wildman–Crippen LogP) is 2.87. The molecular formula is C19H23BrN2O4S. The summed E-state index contributed by atoms with van der Waals surface area (Å²) in [6.07, 6.45) is 2.50. The lowest BCUT2D eigenvalue weighted by atomic mass is 10.0. The smallest absolute Gasteiger partial charge is 0.256 e. The van der Waals surface area contributed by atoms with E-state index in [4.69, 9.17) is 4.74 Å². The second kappa shape index (κ2) is 9.71. The van der Waals surface area contributed by atoms with Gasteiger partial charge in [0.05, 0.1) is 0 Å². The highest BCUT2D eigenvalue weighted by Gasteiger charge is 2.44. The van der Waals surface area contributed by atoms with Gasteiger partial charge in [0.1, 0.15) is 11.4 Å². The van der Waals surface area contributed by atoms with Crippen molar-refractivity contribution in [2.75, 3.05) is 24.3 Å². The number of hydrogen-bond donors (Lipinski definition) is 1. The van der Waals surface area contributed by atoms with Crippen LogP contribution in [0.1, 0.15) is 47.0 Å². The van der Waals surface area contributed by atoms with Crippen molar-refractivity contribution >= 4 is 45.4 Å².